The molecule has 0 aromatic carbocycles. The summed E-state index contributed by atoms with van der Waals surface area (Å²) in [5.41, 5.74) is 1.59. The summed E-state index contributed by atoms with van der Waals surface area (Å²) in [5, 5.41) is 9.22. The molecule has 2 aromatic heterocycles. The first kappa shape index (κ1) is 16.5. The fourth-order valence-electron chi connectivity index (χ4n) is 2.14. The van der Waals surface area contributed by atoms with Crippen LogP contribution in [0.3, 0.4) is 0 Å². The van der Waals surface area contributed by atoms with Crippen molar-refractivity contribution in [2.45, 2.75) is 26.2 Å². The topological polar surface area (TPSA) is 71.2 Å². The van der Waals surface area contributed by atoms with E-state index in [1.165, 1.54) is 7.05 Å². The Kier molecular flexibility index (Phi) is 5.14. The van der Waals surface area contributed by atoms with Crippen molar-refractivity contribution in [1.29, 1.82) is 0 Å². The number of imidazole rings is 1. The van der Waals surface area contributed by atoms with Crippen molar-refractivity contribution in [2.24, 2.45) is 7.05 Å². The van der Waals surface area contributed by atoms with Gasteiger partial charge in [-0.3, -0.25) is 0 Å². The van der Waals surface area contributed by atoms with Crippen LogP contribution in [0.4, 0.5) is 10.6 Å². The van der Waals surface area contributed by atoms with Crippen LogP contribution in [0, 0.1) is 3.57 Å². The van der Waals surface area contributed by atoms with Crippen molar-refractivity contribution in [2.75, 3.05) is 11.9 Å². The number of hydrogen-bond donors (Lipinski definition) is 1. The van der Waals surface area contributed by atoms with Gasteiger partial charge in [0.1, 0.15) is 0 Å². The molecule has 1 N–H and O–H groups in total. The Morgan fingerprint density at radius 3 is 2.71 bits per heavy atom. The Bertz CT molecular complexity index is 701. The molecule has 2 heterocycles. The number of pyridine rings is 1. The number of carbonyl (C=O) groups is 1. The molecule has 112 valence electrons. The van der Waals surface area contributed by atoms with Gasteiger partial charge in [-0.2, -0.15) is 0 Å². The SMILES string of the molecule is CCCCc1nc2c(N(C)C(=O)O)nc([As])c(I)c2n1C. The molecule has 0 saturated heterocycles. The molecule has 0 aliphatic carbocycles. The first-order chi connectivity index (χ1) is 9.88. The van der Waals surface area contributed by atoms with E-state index in [1.807, 2.05) is 11.6 Å². The molecule has 2 rings (SSSR count). The first-order valence-electron chi connectivity index (χ1n) is 6.58. The van der Waals surface area contributed by atoms with Crippen molar-refractivity contribution >= 4 is 66.9 Å². The molecule has 0 bridgehead atoms. The number of rotatable bonds is 4. The Hall–Kier alpha value is -0.822. The van der Waals surface area contributed by atoms with Gasteiger partial charge in [-0.15, -0.1) is 0 Å². The molecule has 6 nitrogen and oxygen atoms in total. The zero-order chi connectivity index (χ0) is 15.7. The second-order valence-corrected chi connectivity index (χ2v) is 6.77. The van der Waals surface area contributed by atoms with Crippen LogP contribution in [0.15, 0.2) is 0 Å². The number of anilines is 1. The summed E-state index contributed by atoms with van der Waals surface area (Å²) in [6.45, 7) is 2.14. The van der Waals surface area contributed by atoms with Crippen LogP contribution in [0.25, 0.3) is 11.0 Å². The van der Waals surface area contributed by atoms with Gasteiger partial charge < -0.3 is 0 Å². The van der Waals surface area contributed by atoms with Gasteiger partial charge >= 0.3 is 146 Å². The molecule has 21 heavy (non-hydrogen) atoms. The van der Waals surface area contributed by atoms with Crippen LogP contribution in [0.2, 0.25) is 0 Å². The second kappa shape index (κ2) is 6.52. The average molecular weight is 462 g/mol. The monoisotopic (exact) mass is 462 g/mol. The van der Waals surface area contributed by atoms with Crippen LogP contribution >= 0.6 is 22.6 Å². The minimum atomic E-state index is -1.04. The number of unbranched alkanes of at least 4 members (excludes halogenated alkanes) is 1. The summed E-state index contributed by atoms with van der Waals surface area (Å²) < 4.78 is 3.79. The zero-order valence-corrected chi connectivity index (χ0v) is 16.1. The molecule has 0 atom stereocenters. The zero-order valence-electron chi connectivity index (χ0n) is 12.1. The normalized spacial score (nSPS) is 11.1. The third-order valence-corrected chi connectivity index (χ3v) is 6.00. The minimum absolute atomic E-state index is 0.381. The molecular weight excluding hydrogens is 446 g/mol. The van der Waals surface area contributed by atoms with Crippen LogP contribution in [0.1, 0.15) is 25.6 Å². The summed E-state index contributed by atoms with van der Waals surface area (Å²) in [4.78, 5) is 21.4. The molecule has 2 aromatic rings. The van der Waals surface area contributed by atoms with Crippen molar-refractivity contribution in [3.05, 3.63) is 9.39 Å². The van der Waals surface area contributed by atoms with E-state index in [-0.39, 0.29) is 0 Å². The molecule has 0 aliphatic rings. The van der Waals surface area contributed by atoms with Crippen LogP contribution < -0.4 is 9.38 Å². The molecule has 0 spiro atoms. The molecule has 0 saturated carbocycles. The van der Waals surface area contributed by atoms with E-state index in [4.69, 9.17) is 0 Å². The third kappa shape index (κ3) is 3.04. The van der Waals surface area contributed by atoms with Crippen LogP contribution in [-0.2, 0) is 13.5 Å². The van der Waals surface area contributed by atoms with Gasteiger partial charge in [-0.25, -0.2) is 0 Å². The van der Waals surface area contributed by atoms with Crippen LogP contribution in [0.5, 0.6) is 0 Å². The van der Waals surface area contributed by atoms with Gasteiger partial charge in [0.15, 0.2) is 0 Å². The number of aryl methyl sites for hydroxylation is 2. The predicted octanol–water partition coefficient (Wildman–Crippen LogP) is 1.82. The Morgan fingerprint density at radius 2 is 2.14 bits per heavy atom. The van der Waals surface area contributed by atoms with Gasteiger partial charge in [0.2, 0.25) is 0 Å². The number of halogens is 1. The molecule has 8 heteroatoms. The molecular formula is C13H16AsIN4O2. The van der Waals surface area contributed by atoms with E-state index in [0.29, 0.717) is 11.3 Å². The summed E-state index contributed by atoms with van der Waals surface area (Å²) >= 11 is 4.62. The summed E-state index contributed by atoms with van der Waals surface area (Å²) in [5.74, 6) is 1.34. The van der Waals surface area contributed by atoms with E-state index >= 15 is 0 Å². The van der Waals surface area contributed by atoms with Crippen molar-refractivity contribution in [3.8, 4) is 0 Å². The summed E-state index contributed by atoms with van der Waals surface area (Å²) in [6, 6.07) is 0. The maximum absolute atomic E-state index is 11.2. The number of carboxylic acid groups (broad SMARTS) is 1. The summed E-state index contributed by atoms with van der Waals surface area (Å²) in [6.07, 6.45) is 1.98. The van der Waals surface area contributed by atoms with E-state index in [2.05, 4.69) is 56.3 Å². The van der Waals surface area contributed by atoms with Gasteiger partial charge in [0.05, 0.1) is 0 Å². The predicted molar refractivity (Wildman–Crippen MR) is 91.7 cm³/mol. The van der Waals surface area contributed by atoms with E-state index < -0.39 is 6.09 Å². The fraction of sp³-hybridized carbons (Fsp3) is 0.462. The van der Waals surface area contributed by atoms with E-state index in [0.717, 1.165) is 43.6 Å². The Labute approximate surface area is 145 Å². The van der Waals surface area contributed by atoms with Crippen LogP contribution in [-0.4, -0.2) is 49.6 Å². The maximum atomic E-state index is 11.2. The Morgan fingerprint density at radius 1 is 1.48 bits per heavy atom. The number of nitrogens with zero attached hydrogens (tertiary/aromatic N) is 4. The van der Waals surface area contributed by atoms with Gasteiger partial charge in [-0.05, 0) is 0 Å². The average Bonchev–Trinajstić information content (AvgIpc) is 2.77. The molecule has 1 amide bonds. The molecule has 0 aliphatic heterocycles. The van der Waals surface area contributed by atoms with Gasteiger partial charge in [0.25, 0.3) is 0 Å². The quantitative estimate of drug-likeness (QED) is 0.557. The van der Waals surface area contributed by atoms with E-state index in [1.54, 1.807) is 0 Å². The van der Waals surface area contributed by atoms with Crippen molar-refractivity contribution in [3.63, 3.8) is 0 Å². The van der Waals surface area contributed by atoms with E-state index in [9.17, 15) is 9.90 Å². The fourth-order valence-corrected chi connectivity index (χ4v) is 3.30. The van der Waals surface area contributed by atoms with Crippen molar-refractivity contribution in [1.82, 2.24) is 14.5 Å². The second-order valence-electron chi connectivity index (χ2n) is 4.80. The van der Waals surface area contributed by atoms with Gasteiger partial charge in [-0.1, -0.05) is 0 Å². The molecule has 2 radical (unpaired) electrons. The number of fused-ring (bicyclic) bond motifs is 1. The molecule has 0 unspecified atom stereocenters. The number of hydrogen-bond acceptors (Lipinski definition) is 3. The van der Waals surface area contributed by atoms with Crippen molar-refractivity contribution < 1.29 is 9.90 Å². The first-order valence-corrected chi connectivity index (χ1v) is 8.60. The summed E-state index contributed by atoms with van der Waals surface area (Å²) in [7, 11) is 3.46. The standard InChI is InChI=1S/C13H16AsIN4O2/c1-4-5-6-7-16-9-10(18(7)2)8(15)11(14)17-12(9)19(3)13(20)21/h4-6H2,1-3H3,(H,20,21). The molecule has 0 fully saturated rings. The van der Waals surface area contributed by atoms with Gasteiger partial charge in [0, 0.05) is 0 Å². The Balaban J connectivity index is 2.71. The number of aromatic nitrogens is 3. The third-order valence-electron chi connectivity index (χ3n) is 3.37. The number of amides is 1.